The van der Waals surface area contributed by atoms with Gasteiger partial charge in [0.05, 0.1) is 36.4 Å². The van der Waals surface area contributed by atoms with E-state index in [0.717, 1.165) is 47.5 Å². The maximum atomic E-state index is 15.2. The number of aromatic nitrogens is 2. The number of fused-ring (bicyclic) bond motifs is 3. The van der Waals surface area contributed by atoms with Crippen LogP contribution in [0.25, 0.3) is 10.9 Å². The van der Waals surface area contributed by atoms with Gasteiger partial charge in [-0.05, 0) is 56.4 Å². The van der Waals surface area contributed by atoms with E-state index in [1.54, 1.807) is 13.8 Å². The van der Waals surface area contributed by atoms with Gasteiger partial charge >= 0.3 is 0 Å². The van der Waals surface area contributed by atoms with Gasteiger partial charge in [-0.1, -0.05) is 12.1 Å². The van der Waals surface area contributed by atoms with Gasteiger partial charge in [0.1, 0.15) is 24.1 Å². The number of morpholine rings is 1. The molecule has 0 spiro atoms. The van der Waals surface area contributed by atoms with Crippen LogP contribution in [-0.4, -0.2) is 59.2 Å². The van der Waals surface area contributed by atoms with E-state index in [4.69, 9.17) is 14.8 Å². The summed E-state index contributed by atoms with van der Waals surface area (Å²) in [7, 11) is 0. The monoisotopic (exact) mass is 516 g/mol. The lowest BCUT2D eigenvalue weighted by atomic mass is 9.99. The molecule has 10 heteroatoms. The zero-order valence-electron chi connectivity index (χ0n) is 20.9. The first-order valence-corrected chi connectivity index (χ1v) is 12.6. The summed E-state index contributed by atoms with van der Waals surface area (Å²) in [6.07, 6.45) is 2.56. The minimum Gasteiger partial charge on any atom is -0.394 e. The van der Waals surface area contributed by atoms with Gasteiger partial charge in [-0.2, -0.15) is 8.78 Å². The van der Waals surface area contributed by atoms with Crippen LogP contribution >= 0.6 is 0 Å². The van der Waals surface area contributed by atoms with Gasteiger partial charge in [-0.3, -0.25) is 0 Å². The van der Waals surface area contributed by atoms with Crippen LogP contribution in [0.15, 0.2) is 24.3 Å². The summed E-state index contributed by atoms with van der Waals surface area (Å²) in [6.45, 7) is 3.72. The number of halogens is 3. The molecule has 1 aliphatic heterocycles. The second kappa shape index (κ2) is 10.1. The molecular weight excluding hydrogens is 485 g/mol. The second-order valence-corrected chi connectivity index (χ2v) is 9.78. The highest BCUT2D eigenvalue weighted by atomic mass is 19.3. The number of rotatable bonds is 7. The van der Waals surface area contributed by atoms with Crippen LogP contribution in [0.2, 0.25) is 0 Å². The number of nitrogens with zero attached hydrogens (tertiary/aromatic N) is 3. The molecule has 198 valence electrons. The standard InChI is InChI=1S/C27H31F3N4O3/c1-15(18-5-4-8-22(24(18)28)27(29,30)14-36)31-26-21-11-23(34-9-10-37-17(12-34)13-35)19-6-3-7-20(19)25(21)32-16(2)33-26/h4-5,8,11,15,17,35-36H,3,6-7,9-10,12-14H2,1-2H3,(H,31,32,33)/t15-,17-/m1/s1. The number of ether oxygens (including phenoxy) is 1. The van der Waals surface area contributed by atoms with E-state index in [9.17, 15) is 13.9 Å². The van der Waals surface area contributed by atoms with E-state index in [2.05, 4.69) is 15.2 Å². The van der Waals surface area contributed by atoms with Crippen LogP contribution in [0.1, 0.15) is 47.5 Å². The molecule has 0 bridgehead atoms. The summed E-state index contributed by atoms with van der Waals surface area (Å²) >= 11 is 0. The van der Waals surface area contributed by atoms with Gasteiger partial charge in [0, 0.05) is 29.7 Å². The Balaban J connectivity index is 1.57. The number of anilines is 2. The van der Waals surface area contributed by atoms with Crippen molar-refractivity contribution in [3.8, 4) is 0 Å². The van der Waals surface area contributed by atoms with Crippen molar-refractivity contribution in [2.75, 3.05) is 43.1 Å². The molecule has 1 fully saturated rings. The van der Waals surface area contributed by atoms with Crippen molar-refractivity contribution in [2.45, 2.75) is 51.2 Å². The summed E-state index contributed by atoms with van der Waals surface area (Å²) in [5, 5.41) is 22.7. The van der Waals surface area contributed by atoms with E-state index < -0.39 is 30.0 Å². The average Bonchev–Trinajstić information content (AvgIpc) is 3.39. The summed E-state index contributed by atoms with van der Waals surface area (Å²) in [5.41, 5.74) is 3.52. The van der Waals surface area contributed by atoms with Gasteiger partial charge in [0.2, 0.25) is 0 Å². The highest BCUT2D eigenvalue weighted by Crippen LogP contribution is 2.40. The SMILES string of the molecule is Cc1nc(N[C@H](C)c2cccc(C(F)(F)CO)c2F)c2cc(N3CCO[C@@H](CO)C3)c3c(c2n1)CCC3. The first-order chi connectivity index (χ1) is 17.7. The third-order valence-electron chi connectivity index (χ3n) is 7.28. The first-order valence-electron chi connectivity index (χ1n) is 12.6. The Morgan fingerprint density at radius 2 is 2.00 bits per heavy atom. The summed E-state index contributed by atoms with van der Waals surface area (Å²) in [5.74, 6) is -3.69. The van der Waals surface area contributed by atoms with E-state index in [0.29, 0.717) is 31.3 Å². The molecule has 2 heterocycles. The number of benzene rings is 2. The van der Waals surface area contributed by atoms with Gasteiger partial charge in [-0.15, -0.1) is 0 Å². The van der Waals surface area contributed by atoms with Crippen molar-refractivity contribution in [1.29, 1.82) is 0 Å². The molecule has 7 nitrogen and oxygen atoms in total. The smallest absolute Gasteiger partial charge is 0.298 e. The van der Waals surface area contributed by atoms with Crippen LogP contribution in [-0.2, 0) is 23.5 Å². The summed E-state index contributed by atoms with van der Waals surface area (Å²) in [6, 6.07) is 5.15. The molecule has 0 unspecified atom stereocenters. The van der Waals surface area contributed by atoms with Crippen molar-refractivity contribution in [2.24, 2.45) is 0 Å². The summed E-state index contributed by atoms with van der Waals surface area (Å²) < 4.78 is 49.0. The molecule has 3 aromatic rings. The number of aliphatic hydroxyl groups is 2. The molecule has 3 N–H and O–H groups in total. The Labute approximate surface area is 213 Å². The molecule has 5 rings (SSSR count). The number of hydrogen-bond acceptors (Lipinski definition) is 7. The largest absolute Gasteiger partial charge is 0.394 e. The predicted octanol–water partition coefficient (Wildman–Crippen LogP) is 4.02. The Morgan fingerprint density at radius 1 is 1.22 bits per heavy atom. The lowest BCUT2D eigenvalue weighted by Gasteiger charge is -2.35. The Morgan fingerprint density at radius 3 is 2.76 bits per heavy atom. The lowest BCUT2D eigenvalue weighted by molar-refractivity contribution is -0.0583. The van der Waals surface area contributed by atoms with Crippen molar-refractivity contribution < 1.29 is 28.1 Å². The number of aryl methyl sites for hydroxylation is 2. The topological polar surface area (TPSA) is 90.7 Å². The number of aliphatic hydroxyl groups excluding tert-OH is 2. The van der Waals surface area contributed by atoms with Crippen LogP contribution in [0.4, 0.5) is 24.7 Å². The van der Waals surface area contributed by atoms with Crippen LogP contribution in [0, 0.1) is 12.7 Å². The van der Waals surface area contributed by atoms with Crippen molar-refractivity contribution in [1.82, 2.24) is 9.97 Å². The highest BCUT2D eigenvalue weighted by Gasteiger charge is 2.35. The molecule has 0 radical (unpaired) electrons. The maximum Gasteiger partial charge on any atom is 0.298 e. The third-order valence-corrected chi connectivity index (χ3v) is 7.28. The highest BCUT2D eigenvalue weighted by molar-refractivity contribution is 5.96. The molecule has 2 atom stereocenters. The zero-order valence-corrected chi connectivity index (χ0v) is 20.9. The Bertz CT molecular complexity index is 1320. The zero-order chi connectivity index (χ0) is 26.3. The molecule has 0 saturated carbocycles. The fourth-order valence-corrected chi connectivity index (χ4v) is 5.44. The van der Waals surface area contributed by atoms with Crippen molar-refractivity contribution >= 4 is 22.4 Å². The van der Waals surface area contributed by atoms with Gasteiger partial charge in [0.25, 0.3) is 5.92 Å². The first kappa shape index (κ1) is 25.7. The lowest BCUT2D eigenvalue weighted by Crippen LogP contribution is -2.44. The molecule has 1 saturated heterocycles. The quantitative estimate of drug-likeness (QED) is 0.437. The van der Waals surface area contributed by atoms with Crippen LogP contribution in [0.3, 0.4) is 0 Å². The molecule has 1 aromatic heterocycles. The van der Waals surface area contributed by atoms with Gasteiger partial charge in [0.15, 0.2) is 0 Å². The minimum atomic E-state index is -3.68. The Hall–Kier alpha value is -2.95. The second-order valence-electron chi connectivity index (χ2n) is 9.78. The van der Waals surface area contributed by atoms with Crippen molar-refractivity contribution in [3.63, 3.8) is 0 Å². The number of alkyl halides is 2. The summed E-state index contributed by atoms with van der Waals surface area (Å²) in [4.78, 5) is 11.6. The molecule has 2 aliphatic rings. The van der Waals surface area contributed by atoms with Gasteiger partial charge < -0.3 is 25.2 Å². The van der Waals surface area contributed by atoms with E-state index in [1.807, 2.05) is 6.07 Å². The minimum absolute atomic E-state index is 0.0513. The average molecular weight is 517 g/mol. The number of nitrogens with one attached hydrogen (secondary N) is 1. The van der Waals surface area contributed by atoms with Crippen LogP contribution < -0.4 is 10.2 Å². The Kier molecular flexibility index (Phi) is 6.99. The fraction of sp³-hybridized carbons (Fsp3) is 0.481. The van der Waals surface area contributed by atoms with E-state index in [-0.39, 0.29) is 18.3 Å². The van der Waals surface area contributed by atoms with Crippen molar-refractivity contribution in [3.05, 3.63) is 58.2 Å². The maximum absolute atomic E-state index is 15.2. The molecule has 0 amide bonds. The molecule has 2 aromatic carbocycles. The number of hydrogen-bond donors (Lipinski definition) is 3. The molecule has 1 aliphatic carbocycles. The normalized spacial score (nSPS) is 18.8. The van der Waals surface area contributed by atoms with E-state index >= 15 is 4.39 Å². The predicted molar refractivity (Wildman–Crippen MR) is 135 cm³/mol. The van der Waals surface area contributed by atoms with Gasteiger partial charge in [-0.25, -0.2) is 14.4 Å². The fourth-order valence-electron chi connectivity index (χ4n) is 5.44. The third kappa shape index (κ3) is 4.73. The molecule has 37 heavy (non-hydrogen) atoms. The molecular formula is C27H31F3N4O3. The van der Waals surface area contributed by atoms with Crippen LogP contribution in [0.5, 0.6) is 0 Å². The van der Waals surface area contributed by atoms with E-state index in [1.165, 1.54) is 17.7 Å².